The molecule has 1 aliphatic rings. The van der Waals surface area contributed by atoms with E-state index in [0.29, 0.717) is 0 Å². The minimum Gasteiger partial charge on any atom is -0.456 e. The van der Waals surface area contributed by atoms with E-state index in [-0.39, 0.29) is 0 Å². The van der Waals surface area contributed by atoms with Gasteiger partial charge in [-0.1, -0.05) is 17.7 Å². The van der Waals surface area contributed by atoms with Crippen molar-refractivity contribution in [3.8, 4) is 0 Å². The lowest BCUT2D eigenvalue weighted by Gasteiger charge is -2.38. The van der Waals surface area contributed by atoms with Crippen molar-refractivity contribution < 1.29 is 0 Å². The summed E-state index contributed by atoms with van der Waals surface area (Å²) in [6.45, 7) is 6.43. The maximum Gasteiger partial charge on any atom is 0.0367 e. The van der Waals surface area contributed by atoms with Gasteiger partial charge in [-0.25, -0.2) is 0 Å². The third-order valence-corrected chi connectivity index (χ3v) is 2.77. The molecule has 76 valence electrons. The molecule has 1 saturated heterocycles. The van der Waals surface area contributed by atoms with E-state index in [1.165, 1.54) is 11.3 Å². The fraction of sp³-hybridized carbons (Fsp3) is 0.417. The molecule has 0 N–H and O–H groups in total. The molecule has 1 aromatic rings. The predicted octanol–water partition coefficient (Wildman–Crippen LogP) is 1.91. The van der Waals surface area contributed by atoms with Gasteiger partial charge in [0.15, 0.2) is 0 Å². The smallest absolute Gasteiger partial charge is 0.0367 e. The van der Waals surface area contributed by atoms with Crippen molar-refractivity contribution in [3.63, 3.8) is 0 Å². The SMILES string of the molecule is [CH2-]N1CCN(c2ccc(C)cc2)CC1. The molecule has 14 heavy (non-hydrogen) atoms. The van der Waals surface area contributed by atoms with Gasteiger partial charge in [0.1, 0.15) is 0 Å². The third kappa shape index (κ3) is 2.07. The summed E-state index contributed by atoms with van der Waals surface area (Å²) in [5.41, 5.74) is 2.66. The molecule has 0 unspecified atom stereocenters. The van der Waals surface area contributed by atoms with Gasteiger partial charge < -0.3 is 9.80 Å². The summed E-state index contributed by atoms with van der Waals surface area (Å²) in [6, 6.07) is 8.75. The molecule has 1 heterocycles. The van der Waals surface area contributed by atoms with Crippen molar-refractivity contribution in [2.45, 2.75) is 6.92 Å². The third-order valence-electron chi connectivity index (χ3n) is 2.77. The highest BCUT2D eigenvalue weighted by Crippen LogP contribution is 2.16. The van der Waals surface area contributed by atoms with Crippen LogP contribution in [0.3, 0.4) is 0 Å². The quantitative estimate of drug-likeness (QED) is 0.623. The summed E-state index contributed by atoms with van der Waals surface area (Å²) in [5, 5.41) is 0. The number of nitrogens with zero attached hydrogens (tertiary/aromatic N) is 2. The van der Waals surface area contributed by atoms with Crippen LogP contribution in [0.15, 0.2) is 24.3 Å². The fourth-order valence-corrected chi connectivity index (χ4v) is 1.76. The first-order valence-corrected chi connectivity index (χ1v) is 5.13. The Bertz CT molecular complexity index is 284. The Labute approximate surface area is 86.1 Å². The number of anilines is 1. The summed E-state index contributed by atoms with van der Waals surface area (Å²) in [4.78, 5) is 4.55. The second kappa shape index (κ2) is 4.01. The fourth-order valence-electron chi connectivity index (χ4n) is 1.76. The van der Waals surface area contributed by atoms with Crippen LogP contribution in [0.25, 0.3) is 0 Å². The number of hydrogen-bond donors (Lipinski definition) is 0. The maximum absolute atomic E-state index is 3.95. The Morgan fingerprint density at radius 1 is 1.00 bits per heavy atom. The highest BCUT2D eigenvalue weighted by atomic mass is 15.2. The number of aryl methyl sites for hydroxylation is 1. The van der Waals surface area contributed by atoms with Crippen molar-refractivity contribution in [1.82, 2.24) is 4.90 Å². The van der Waals surface area contributed by atoms with Crippen molar-refractivity contribution >= 4 is 5.69 Å². The molecule has 1 fully saturated rings. The summed E-state index contributed by atoms with van der Waals surface area (Å²) < 4.78 is 0. The van der Waals surface area contributed by atoms with Gasteiger partial charge in [-0.15, -0.1) is 0 Å². The van der Waals surface area contributed by atoms with E-state index in [1.54, 1.807) is 0 Å². The highest BCUT2D eigenvalue weighted by molar-refractivity contribution is 5.47. The standard InChI is InChI=1S/C12H17N2/c1-11-3-5-12(6-4-11)14-9-7-13(2)8-10-14/h3-6H,2,7-10H2,1H3/q-1. The molecule has 1 aromatic carbocycles. The van der Waals surface area contributed by atoms with Gasteiger partial charge in [0.05, 0.1) is 0 Å². The molecule has 0 saturated carbocycles. The lowest BCUT2D eigenvalue weighted by Crippen LogP contribution is -2.43. The van der Waals surface area contributed by atoms with Crippen molar-refractivity contribution in [2.24, 2.45) is 0 Å². The molecule has 0 atom stereocenters. The van der Waals surface area contributed by atoms with Crippen LogP contribution < -0.4 is 4.90 Å². The second-order valence-corrected chi connectivity index (χ2v) is 3.94. The van der Waals surface area contributed by atoms with E-state index in [1.807, 2.05) is 0 Å². The van der Waals surface area contributed by atoms with E-state index in [2.05, 4.69) is 48.0 Å². The minimum absolute atomic E-state index is 1.06. The van der Waals surface area contributed by atoms with Gasteiger partial charge in [-0.05, 0) is 32.1 Å². The van der Waals surface area contributed by atoms with Crippen molar-refractivity contribution in [1.29, 1.82) is 0 Å². The van der Waals surface area contributed by atoms with Gasteiger partial charge in [-0.2, -0.15) is 0 Å². The second-order valence-electron chi connectivity index (χ2n) is 3.94. The van der Waals surface area contributed by atoms with Crippen LogP contribution in [0.1, 0.15) is 5.56 Å². The average molecular weight is 189 g/mol. The molecule has 1 aliphatic heterocycles. The van der Waals surface area contributed by atoms with E-state index >= 15 is 0 Å². The van der Waals surface area contributed by atoms with Crippen LogP contribution >= 0.6 is 0 Å². The first-order chi connectivity index (χ1) is 6.75. The molecule has 2 nitrogen and oxygen atoms in total. The highest BCUT2D eigenvalue weighted by Gasteiger charge is 2.10. The van der Waals surface area contributed by atoms with Gasteiger partial charge in [0.2, 0.25) is 0 Å². The number of hydrogen-bond acceptors (Lipinski definition) is 2. The summed E-state index contributed by atoms with van der Waals surface area (Å²) in [6.07, 6.45) is 0. The molecule has 0 aliphatic carbocycles. The molecular weight excluding hydrogens is 172 g/mol. The zero-order valence-electron chi connectivity index (χ0n) is 8.74. The van der Waals surface area contributed by atoms with Crippen LogP contribution in [-0.4, -0.2) is 31.1 Å². The molecule has 2 heteroatoms. The van der Waals surface area contributed by atoms with E-state index in [0.717, 1.165) is 26.2 Å². The van der Waals surface area contributed by atoms with Crippen molar-refractivity contribution in [3.05, 3.63) is 36.9 Å². The zero-order chi connectivity index (χ0) is 9.97. The first kappa shape index (κ1) is 9.53. The molecule has 2 rings (SSSR count). The summed E-state index contributed by atoms with van der Waals surface area (Å²) >= 11 is 0. The molecule has 0 amide bonds. The van der Waals surface area contributed by atoms with Crippen LogP contribution in [0, 0.1) is 14.0 Å². The lowest BCUT2D eigenvalue weighted by atomic mass is 10.2. The van der Waals surface area contributed by atoms with Gasteiger partial charge in [0, 0.05) is 18.8 Å². The lowest BCUT2D eigenvalue weighted by molar-refractivity contribution is 0.344. The predicted molar refractivity (Wildman–Crippen MR) is 60.3 cm³/mol. The van der Waals surface area contributed by atoms with Gasteiger partial charge in [0.25, 0.3) is 0 Å². The largest absolute Gasteiger partial charge is 0.456 e. The monoisotopic (exact) mass is 189 g/mol. The maximum atomic E-state index is 3.95. The minimum atomic E-state index is 1.06. The first-order valence-electron chi connectivity index (χ1n) is 5.13. The van der Waals surface area contributed by atoms with Gasteiger partial charge in [-0.3, -0.25) is 7.05 Å². The normalized spacial score (nSPS) is 18.6. The Morgan fingerprint density at radius 3 is 2.14 bits per heavy atom. The molecular formula is C12H17N2-. The Kier molecular flexibility index (Phi) is 2.73. The Morgan fingerprint density at radius 2 is 1.57 bits per heavy atom. The molecule has 0 aromatic heterocycles. The molecule has 0 bridgehead atoms. The molecule has 0 spiro atoms. The van der Waals surface area contributed by atoms with E-state index < -0.39 is 0 Å². The zero-order valence-corrected chi connectivity index (χ0v) is 8.74. The van der Waals surface area contributed by atoms with Crippen LogP contribution in [0.4, 0.5) is 5.69 Å². The number of piperazine rings is 1. The molecule has 0 radical (unpaired) electrons. The van der Waals surface area contributed by atoms with Crippen molar-refractivity contribution in [2.75, 3.05) is 31.1 Å². The summed E-state index contributed by atoms with van der Waals surface area (Å²) in [5.74, 6) is 0. The number of benzene rings is 1. The Balaban J connectivity index is 2.05. The van der Waals surface area contributed by atoms with Gasteiger partial charge >= 0.3 is 0 Å². The Hall–Kier alpha value is -1.02. The van der Waals surface area contributed by atoms with E-state index in [4.69, 9.17) is 0 Å². The van der Waals surface area contributed by atoms with Crippen LogP contribution in [0.5, 0.6) is 0 Å². The van der Waals surface area contributed by atoms with Crippen LogP contribution in [-0.2, 0) is 0 Å². The average Bonchev–Trinajstić information content (AvgIpc) is 2.21. The van der Waals surface area contributed by atoms with E-state index in [9.17, 15) is 0 Å². The number of rotatable bonds is 1. The topological polar surface area (TPSA) is 6.48 Å². The summed E-state index contributed by atoms with van der Waals surface area (Å²) in [7, 11) is 3.95. The van der Waals surface area contributed by atoms with Crippen LogP contribution in [0.2, 0.25) is 0 Å².